The first-order chi connectivity index (χ1) is 8.99. The Hall–Kier alpha value is -0.160. The summed E-state index contributed by atoms with van der Waals surface area (Å²) in [5, 5.41) is 0. The van der Waals surface area contributed by atoms with Crippen LogP contribution in [0, 0.1) is 0 Å². The van der Waals surface area contributed by atoms with Gasteiger partial charge in [0.25, 0.3) is 0 Å². The van der Waals surface area contributed by atoms with Crippen molar-refractivity contribution in [3.8, 4) is 0 Å². The Morgan fingerprint density at radius 2 is 2.00 bits per heavy atom. The summed E-state index contributed by atoms with van der Waals surface area (Å²) < 4.78 is 5.93. The number of hydrogen-bond acceptors (Lipinski definition) is 4. The second-order valence-electron chi connectivity index (χ2n) is 6.10. The number of rotatable bonds is 7. The molecule has 1 fully saturated rings. The predicted octanol–water partition coefficient (Wildman–Crippen LogP) is 1.54. The zero-order valence-electron chi connectivity index (χ0n) is 13.5. The fourth-order valence-corrected chi connectivity index (χ4v) is 3.06. The van der Waals surface area contributed by atoms with Gasteiger partial charge in [0.05, 0.1) is 12.7 Å². The quantitative estimate of drug-likeness (QED) is 0.763. The Morgan fingerprint density at radius 3 is 2.47 bits per heavy atom. The van der Waals surface area contributed by atoms with E-state index >= 15 is 0 Å². The van der Waals surface area contributed by atoms with E-state index in [9.17, 15) is 0 Å². The SMILES string of the molecule is CCC(CC)(CN)N(C)CC1CN(C(C)C)CCO1. The van der Waals surface area contributed by atoms with Crippen molar-refractivity contribution in [2.75, 3.05) is 39.8 Å². The molecule has 1 rings (SSSR count). The number of likely N-dealkylation sites (N-methyl/N-ethyl adjacent to an activating group) is 1. The number of nitrogens with two attached hydrogens (primary N) is 1. The van der Waals surface area contributed by atoms with E-state index in [-0.39, 0.29) is 5.54 Å². The molecule has 1 heterocycles. The molecule has 0 aliphatic carbocycles. The van der Waals surface area contributed by atoms with Crippen molar-refractivity contribution in [1.29, 1.82) is 0 Å². The van der Waals surface area contributed by atoms with Gasteiger partial charge in [-0.05, 0) is 33.7 Å². The molecule has 4 heteroatoms. The van der Waals surface area contributed by atoms with E-state index in [1.165, 1.54) is 0 Å². The first kappa shape index (κ1) is 16.9. The molecule has 0 spiro atoms. The van der Waals surface area contributed by atoms with E-state index in [1.54, 1.807) is 0 Å². The number of hydrogen-bond donors (Lipinski definition) is 1. The van der Waals surface area contributed by atoms with Gasteiger partial charge in [0.2, 0.25) is 0 Å². The van der Waals surface area contributed by atoms with Crippen molar-refractivity contribution in [2.45, 2.75) is 58.2 Å². The molecular formula is C15H33N3O. The van der Waals surface area contributed by atoms with Gasteiger partial charge >= 0.3 is 0 Å². The third-order valence-electron chi connectivity index (χ3n) is 4.88. The molecule has 1 saturated heterocycles. The Morgan fingerprint density at radius 1 is 1.37 bits per heavy atom. The molecule has 4 nitrogen and oxygen atoms in total. The predicted molar refractivity (Wildman–Crippen MR) is 81.4 cm³/mol. The van der Waals surface area contributed by atoms with Gasteiger partial charge in [0.1, 0.15) is 0 Å². The molecule has 0 bridgehead atoms. The van der Waals surface area contributed by atoms with Crippen LogP contribution in [-0.2, 0) is 4.74 Å². The van der Waals surface area contributed by atoms with Gasteiger partial charge in [0, 0.05) is 37.8 Å². The maximum Gasteiger partial charge on any atom is 0.0829 e. The van der Waals surface area contributed by atoms with E-state index in [4.69, 9.17) is 10.5 Å². The highest BCUT2D eigenvalue weighted by Crippen LogP contribution is 2.22. The van der Waals surface area contributed by atoms with E-state index in [1.807, 2.05) is 0 Å². The zero-order chi connectivity index (χ0) is 14.5. The summed E-state index contributed by atoms with van der Waals surface area (Å²) in [6, 6.07) is 0.605. The molecule has 0 aromatic rings. The monoisotopic (exact) mass is 271 g/mol. The second-order valence-corrected chi connectivity index (χ2v) is 6.10. The van der Waals surface area contributed by atoms with E-state index in [0.717, 1.165) is 45.6 Å². The molecule has 1 aliphatic heterocycles. The van der Waals surface area contributed by atoms with Crippen LogP contribution in [0.5, 0.6) is 0 Å². The second kappa shape index (κ2) is 7.58. The van der Waals surface area contributed by atoms with Gasteiger partial charge in [-0.25, -0.2) is 0 Å². The summed E-state index contributed by atoms with van der Waals surface area (Å²) >= 11 is 0. The minimum Gasteiger partial charge on any atom is -0.374 e. The third kappa shape index (κ3) is 4.15. The smallest absolute Gasteiger partial charge is 0.0829 e. The van der Waals surface area contributed by atoms with Crippen LogP contribution in [0.4, 0.5) is 0 Å². The van der Waals surface area contributed by atoms with Crippen molar-refractivity contribution < 1.29 is 4.74 Å². The van der Waals surface area contributed by atoms with Crippen LogP contribution in [0.15, 0.2) is 0 Å². The maximum atomic E-state index is 6.02. The molecule has 0 saturated carbocycles. The van der Waals surface area contributed by atoms with Gasteiger partial charge < -0.3 is 10.5 Å². The average Bonchev–Trinajstić information content (AvgIpc) is 2.41. The van der Waals surface area contributed by atoms with E-state index in [2.05, 4.69) is 44.5 Å². The summed E-state index contributed by atoms with van der Waals surface area (Å²) in [5.41, 5.74) is 6.15. The fraction of sp³-hybridized carbons (Fsp3) is 1.00. The highest BCUT2D eigenvalue weighted by Gasteiger charge is 2.32. The lowest BCUT2D eigenvalue weighted by atomic mass is 9.90. The van der Waals surface area contributed by atoms with E-state index < -0.39 is 0 Å². The van der Waals surface area contributed by atoms with Crippen LogP contribution in [0.2, 0.25) is 0 Å². The molecule has 0 aromatic carbocycles. The lowest BCUT2D eigenvalue weighted by molar-refractivity contribution is -0.0626. The van der Waals surface area contributed by atoms with E-state index in [0.29, 0.717) is 12.1 Å². The van der Waals surface area contributed by atoms with Crippen molar-refractivity contribution in [2.24, 2.45) is 5.73 Å². The normalized spacial score (nSPS) is 22.4. The lowest BCUT2D eigenvalue weighted by Gasteiger charge is -2.44. The molecule has 2 N–H and O–H groups in total. The Labute approximate surface area is 119 Å². The topological polar surface area (TPSA) is 41.7 Å². The minimum atomic E-state index is 0.128. The first-order valence-corrected chi connectivity index (χ1v) is 7.76. The number of ether oxygens (including phenoxy) is 1. The summed E-state index contributed by atoms with van der Waals surface area (Å²) in [5.74, 6) is 0. The van der Waals surface area contributed by atoms with Gasteiger partial charge in [-0.15, -0.1) is 0 Å². The fourth-order valence-electron chi connectivity index (χ4n) is 3.06. The van der Waals surface area contributed by atoms with Gasteiger partial charge in [-0.3, -0.25) is 9.80 Å². The Kier molecular flexibility index (Phi) is 6.74. The number of morpholine rings is 1. The standard InChI is InChI=1S/C15H33N3O/c1-6-15(7-2,12-16)17(5)10-14-11-18(13(3)4)8-9-19-14/h13-14H,6-12,16H2,1-5H3. The molecule has 0 radical (unpaired) electrons. The van der Waals surface area contributed by atoms with Gasteiger partial charge in [-0.2, -0.15) is 0 Å². The lowest BCUT2D eigenvalue weighted by Crippen LogP contribution is -2.56. The third-order valence-corrected chi connectivity index (χ3v) is 4.88. The number of nitrogens with zero attached hydrogens (tertiary/aromatic N) is 2. The first-order valence-electron chi connectivity index (χ1n) is 7.76. The molecule has 114 valence electrons. The van der Waals surface area contributed by atoms with Crippen LogP contribution in [-0.4, -0.2) is 67.3 Å². The maximum absolute atomic E-state index is 6.02. The highest BCUT2D eigenvalue weighted by atomic mass is 16.5. The van der Waals surface area contributed by atoms with Crippen LogP contribution in [0.3, 0.4) is 0 Å². The molecular weight excluding hydrogens is 238 g/mol. The Balaban J connectivity index is 2.58. The largest absolute Gasteiger partial charge is 0.374 e. The molecule has 0 aromatic heterocycles. The van der Waals surface area contributed by atoms with Crippen molar-refractivity contribution in [3.63, 3.8) is 0 Å². The van der Waals surface area contributed by atoms with Crippen molar-refractivity contribution in [1.82, 2.24) is 9.80 Å². The van der Waals surface area contributed by atoms with Crippen molar-refractivity contribution >= 4 is 0 Å². The molecule has 0 amide bonds. The summed E-state index contributed by atoms with van der Waals surface area (Å²) in [7, 11) is 2.19. The molecule has 1 atom stereocenters. The van der Waals surface area contributed by atoms with Gasteiger partial charge in [-0.1, -0.05) is 13.8 Å². The summed E-state index contributed by atoms with van der Waals surface area (Å²) in [4.78, 5) is 4.92. The zero-order valence-corrected chi connectivity index (χ0v) is 13.5. The van der Waals surface area contributed by atoms with Gasteiger partial charge in [0.15, 0.2) is 0 Å². The molecule has 19 heavy (non-hydrogen) atoms. The summed E-state index contributed by atoms with van der Waals surface area (Å²) in [6.07, 6.45) is 2.50. The summed E-state index contributed by atoms with van der Waals surface area (Å²) in [6.45, 7) is 13.6. The average molecular weight is 271 g/mol. The molecule has 1 aliphatic rings. The molecule has 1 unspecified atom stereocenters. The Bertz CT molecular complexity index is 246. The van der Waals surface area contributed by atoms with Crippen LogP contribution < -0.4 is 5.73 Å². The van der Waals surface area contributed by atoms with Crippen molar-refractivity contribution in [3.05, 3.63) is 0 Å². The minimum absolute atomic E-state index is 0.128. The van der Waals surface area contributed by atoms with Crippen LogP contribution in [0.1, 0.15) is 40.5 Å². The van der Waals surface area contributed by atoms with Crippen LogP contribution in [0.25, 0.3) is 0 Å². The van der Waals surface area contributed by atoms with Crippen LogP contribution >= 0.6 is 0 Å². The highest BCUT2D eigenvalue weighted by molar-refractivity contribution is 4.90.